The van der Waals surface area contributed by atoms with Crippen LogP contribution in [0.3, 0.4) is 0 Å². The van der Waals surface area contributed by atoms with Crippen molar-refractivity contribution in [3.8, 4) is 0 Å². The van der Waals surface area contributed by atoms with Crippen LogP contribution in [0.5, 0.6) is 0 Å². The van der Waals surface area contributed by atoms with Gasteiger partial charge in [-0.2, -0.15) is 0 Å². The Labute approximate surface area is 176 Å². The number of rotatable bonds is 7. The van der Waals surface area contributed by atoms with Gasteiger partial charge in [0.15, 0.2) is 9.84 Å². The average Bonchev–Trinajstić information content (AvgIpc) is 2.69. The maximum atomic E-state index is 12.4. The van der Waals surface area contributed by atoms with Gasteiger partial charge >= 0.3 is 0 Å². The van der Waals surface area contributed by atoms with Crippen LogP contribution in [0.2, 0.25) is 5.02 Å². The van der Waals surface area contributed by atoms with Gasteiger partial charge in [-0.3, -0.25) is 9.69 Å². The number of anilines is 1. The summed E-state index contributed by atoms with van der Waals surface area (Å²) in [6.07, 6.45) is 1.79. The van der Waals surface area contributed by atoms with Crippen molar-refractivity contribution in [2.24, 2.45) is 0 Å². The highest BCUT2D eigenvalue weighted by Crippen LogP contribution is 2.16. The minimum Gasteiger partial charge on any atom is -0.354 e. The lowest BCUT2D eigenvalue weighted by Crippen LogP contribution is -2.51. The molecule has 0 aliphatic carbocycles. The Hall–Kier alpha value is -2.16. The fraction of sp³-hybridized carbons (Fsp3) is 0.400. The van der Waals surface area contributed by atoms with Gasteiger partial charge in [-0.1, -0.05) is 17.7 Å². The number of sulfone groups is 1. The lowest BCUT2D eigenvalue weighted by Gasteiger charge is -2.36. The zero-order valence-corrected chi connectivity index (χ0v) is 17.9. The van der Waals surface area contributed by atoms with Crippen LogP contribution in [-0.2, 0) is 14.6 Å². The molecule has 1 amide bonds. The van der Waals surface area contributed by atoms with Crippen molar-refractivity contribution in [2.75, 3.05) is 43.4 Å². The minimum atomic E-state index is -3.69. The minimum absolute atomic E-state index is 0.0929. The zero-order valence-electron chi connectivity index (χ0n) is 16.3. The molecule has 1 aliphatic heterocycles. The maximum absolute atomic E-state index is 12.4. The Morgan fingerprint density at radius 3 is 2.45 bits per heavy atom. The zero-order chi connectivity index (χ0) is 20.9. The summed E-state index contributed by atoms with van der Waals surface area (Å²) in [4.78, 5) is 21.2. The number of piperazine rings is 1. The van der Waals surface area contributed by atoms with Crippen LogP contribution in [0.15, 0.2) is 53.6 Å². The molecular weight excluding hydrogens is 412 g/mol. The third-order valence-corrected chi connectivity index (χ3v) is 6.66. The van der Waals surface area contributed by atoms with Crippen molar-refractivity contribution in [3.63, 3.8) is 0 Å². The van der Waals surface area contributed by atoms with E-state index in [0.717, 1.165) is 32.0 Å². The van der Waals surface area contributed by atoms with Crippen molar-refractivity contribution < 1.29 is 13.2 Å². The van der Waals surface area contributed by atoms with E-state index in [4.69, 9.17) is 11.6 Å². The number of nitrogens with zero attached hydrogens (tertiary/aromatic N) is 3. The van der Waals surface area contributed by atoms with Crippen LogP contribution in [0.25, 0.3) is 0 Å². The summed E-state index contributed by atoms with van der Waals surface area (Å²) in [6, 6.07) is 11.6. The largest absolute Gasteiger partial charge is 0.354 e. The summed E-state index contributed by atoms with van der Waals surface area (Å²) in [7, 11) is -3.69. The fourth-order valence-electron chi connectivity index (χ4n) is 3.35. The quantitative estimate of drug-likeness (QED) is 0.713. The molecule has 0 radical (unpaired) electrons. The van der Waals surface area contributed by atoms with Crippen LogP contribution in [0.1, 0.15) is 6.92 Å². The first kappa shape index (κ1) is 21.5. The topological polar surface area (TPSA) is 82.6 Å². The normalized spacial score (nSPS) is 16.4. The van der Waals surface area contributed by atoms with Gasteiger partial charge in [0, 0.05) is 50.0 Å². The Bertz CT molecular complexity index is 915. The Kier molecular flexibility index (Phi) is 7.10. The van der Waals surface area contributed by atoms with Gasteiger partial charge in [0.2, 0.25) is 5.91 Å². The van der Waals surface area contributed by atoms with Gasteiger partial charge < -0.3 is 10.2 Å². The highest BCUT2D eigenvalue weighted by molar-refractivity contribution is 7.92. The molecule has 2 heterocycles. The molecule has 0 bridgehead atoms. The molecule has 1 aliphatic rings. The number of aromatic nitrogens is 1. The van der Waals surface area contributed by atoms with Gasteiger partial charge in [-0.05, 0) is 43.3 Å². The van der Waals surface area contributed by atoms with Gasteiger partial charge in [0.1, 0.15) is 11.6 Å². The number of carbonyl (C=O) groups excluding carboxylic acids is 1. The first-order valence-electron chi connectivity index (χ1n) is 9.49. The van der Waals surface area contributed by atoms with Crippen LogP contribution in [-0.4, -0.2) is 68.7 Å². The second-order valence-corrected chi connectivity index (χ2v) is 9.58. The number of carbonyl (C=O) groups is 1. The van der Waals surface area contributed by atoms with E-state index in [0.29, 0.717) is 11.6 Å². The van der Waals surface area contributed by atoms with Crippen molar-refractivity contribution in [2.45, 2.75) is 17.9 Å². The molecular formula is C20H25ClN4O3S. The van der Waals surface area contributed by atoms with Gasteiger partial charge in [0.05, 0.1) is 4.90 Å². The first-order valence-corrected chi connectivity index (χ1v) is 11.5. The predicted molar refractivity (Wildman–Crippen MR) is 114 cm³/mol. The standard InChI is InChI=1S/C20H25ClN4O3S/c1-16(14-24-10-12-25(13-11-24)19-4-2-3-9-22-19)23-20(26)15-29(27,28)18-7-5-17(21)6-8-18/h2-9,16H,10-15H2,1H3,(H,23,26). The van der Waals surface area contributed by atoms with Crippen molar-refractivity contribution in [1.29, 1.82) is 0 Å². The molecule has 1 aromatic carbocycles. The molecule has 1 atom stereocenters. The van der Waals surface area contributed by atoms with E-state index in [1.807, 2.05) is 25.1 Å². The molecule has 1 unspecified atom stereocenters. The van der Waals surface area contributed by atoms with Crippen LogP contribution < -0.4 is 10.2 Å². The number of hydrogen-bond donors (Lipinski definition) is 1. The summed E-state index contributed by atoms with van der Waals surface area (Å²) < 4.78 is 24.7. The van der Waals surface area contributed by atoms with Gasteiger partial charge in [-0.25, -0.2) is 13.4 Å². The van der Waals surface area contributed by atoms with E-state index >= 15 is 0 Å². The molecule has 0 saturated carbocycles. The molecule has 2 aromatic rings. The number of nitrogens with one attached hydrogen (secondary N) is 1. The Morgan fingerprint density at radius 2 is 1.83 bits per heavy atom. The van der Waals surface area contributed by atoms with Crippen LogP contribution in [0.4, 0.5) is 5.82 Å². The molecule has 1 N–H and O–H groups in total. The van der Waals surface area contributed by atoms with Gasteiger partial charge in [-0.15, -0.1) is 0 Å². The van der Waals surface area contributed by atoms with E-state index in [2.05, 4.69) is 20.1 Å². The molecule has 0 spiro atoms. The predicted octanol–water partition coefficient (Wildman–Crippen LogP) is 1.84. The van der Waals surface area contributed by atoms with Gasteiger partial charge in [0.25, 0.3) is 0 Å². The first-order chi connectivity index (χ1) is 13.8. The second-order valence-electron chi connectivity index (χ2n) is 7.16. The number of amides is 1. The highest BCUT2D eigenvalue weighted by atomic mass is 35.5. The van der Waals surface area contributed by atoms with E-state index in [9.17, 15) is 13.2 Å². The third-order valence-electron chi connectivity index (χ3n) is 4.78. The summed E-state index contributed by atoms with van der Waals surface area (Å²) in [6.45, 7) is 6.01. The molecule has 29 heavy (non-hydrogen) atoms. The number of hydrogen-bond acceptors (Lipinski definition) is 6. The number of benzene rings is 1. The molecule has 156 valence electrons. The summed E-state index contributed by atoms with van der Waals surface area (Å²) >= 11 is 5.79. The molecule has 1 aromatic heterocycles. The Morgan fingerprint density at radius 1 is 1.14 bits per heavy atom. The maximum Gasteiger partial charge on any atom is 0.235 e. The van der Waals surface area contributed by atoms with Crippen LogP contribution >= 0.6 is 11.6 Å². The Balaban J connectivity index is 1.45. The van der Waals surface area contributed by atoms with Crippen molar-refractivity contribution in [3.05, 3.63) is 53.7 Å². The van der Waals surface area contributed by atoms with E-state index in [1.54, 1.807) is 6.20 Å². The summed E-state index contributed by atoms with van der Waals surface area (Å²) in [5.41, 5.74) is 0. The summed E-state index contributed by atoms with van der Waals surface area (Å²) in [5, 5.41) is 3.24. The smallest absolute Gasteiger partial charge is 0.235 e. The third kappa shape index (κ3) is 6.16. The number of halogens is 1. The van der Waals surface area contributed by atoms with E-state index in [1.165, 1.54) is 24.3 Å². The SMILES string of the molecule is CC(CN1CCN(c2ccccn2)CC1)NC(=O)CS(=O)(=O)c1ccc(Cl)cc1. The van der Waals surface area contributed by atoms with Crippen LogP contribution in [0, 0.1) is 0 Å². The lowest BCUT2D eigenvalue weighted by molar-refractivity contribution is -0.119. The molecule has 9 heteroatoms. The van der Waals surface area contributed by atoms with E-state index < -0.39 is 21.5 Å². The molecule has 3 rings (SSSR count). The summed E-state index contributed by atoms with van der Waals surface area (Å²) in [5.74, 6) is -0.104. The second kappa shape index (κ2) is 9.56. The number of pyridine rings is 1. The monoisotopic (exact) mass is 436 g/mol. The molecule has 1 saturated heterocycles. The lowest BCUT2D eigenvalue weighted by atomic mass is 10.2. The van der Waals surface area contributed by atoms with Crippen molar-refractivity contribution in [1.82, 2.24) is 15.2 Å². The van der Waals surface area contributed by atoms with E-state index in [-0.39, 0.29) is 10.9 Å². The fourth-order valence-corrected chi connectivity index (χ4v) is 4.62. The molecule has 7 nitrogen and oxygen atoms in total. The van der Waals surface area contributed by atoms with Crippen molar-refractivity contribution >= 4 is 33.2 Å². The highest BCUT2D eigenvalue weighted by Gasteiger charge is 2.23. The average molecular weight is 437 g/mol. The molecule has 1 fully saturated rings.